The molecule has 0 bridgehead atoms. The van der Waals surface area contributed by atoms with Crippen LogP contribution in [0.1, 0.15) is 5.56 Å². The summed E-state index contributed by atoms with van der Waals surface area (Å²) in [7, 11) is 1.29. The molecule has 0 fully saturated rings. The van der Waals surface area contributed by atoms with Gasteiger partial charge in [0.15, 0.2) is 17.3 Å². The molecule has 3 N–H and O–H groups in total. The molecule has 0 aliphatic rings. The van der Waals surface area contributed by atoms with Crippen LogP contribution < -0.4 is 10.5 Å². The minimum atomic E-state index is -0.597. The maximum atomic E-state index is 13.2. The van der Waals surface area contributed by atoms with Gasteiger partial charge >= 0.3 is 0 Å². The Bertz CT molecular complexity index is 289. The van der Waals surface area contributed by atoms with Gasteiger partial charge in [-0.05, 0) is 6.07 Å². The predicted molar refractivity (Wildman–Crippen MR) is 42.5 cm³/mol. The smallest absolute Gasteiger partial charge is 0.196 e. The van der Waals surface area contributed by atoms with Crippen molar-refractivity contribution in [2.75, 3.05) is 7.11 Å². The first-order valence-electron chi connectivity index (χ1n) is 3.45. The average Bonchev–Trinajstić information content (AvgIpc) is 2.06. The molecular weight excluding hydrogens is 161 g/mol. The first kappa shape index (κ1) is 8.80. The number of halogens is 1. The van der Waals surface area contributed by atoms with Crippen LogP contribution in [0.25, 0.3) is 0 Å². The molecule has 1 aromatic rings. The highest BCUT2D eigenvalue weighted by molar-refractivity contribution is 5.43. The van der Waals surface area contributed by atoms with Gasteiger partial charge in [0.1, 0.15) is 0 Å². The molecule has 0 heterocycles. The molecular formula is C8H10FNO2. The van der Waals surface area contributed by atoms with Crippen LogP contribution in [0, 0.1) is 5.82 Å². The Hall–Kier alpha value is -1.29. The van der Waals surface area contributed by atoms with E-state index in [1.165, 1.54) is 19.2 Å². The van der Waals surface area contributed by atoms with Crippen molar-refractivity contribution in [3.63, 3.8) is 0 Å². The van der Waals surface area contributed by atoms with E-state index in [1.807, 2.05) is 0 Å². The molecule has 0 aliphatic carbocycles. The van der Waals surface area contributed by atoms with E-state index in [0.29, 0.717) is 5.56 Å². The monoisotopic (exact) mass is 171 g/mol. The summed E-state index contributed by atoms with van der Waals surface area (Å²) in [4.78, 5) is 0. The topological polar surface area (TPSA) is 55.5 Å². The Balaban J connectivity index is 3.24. The average molecular weight is 171 g/mol. The van der Waals surface area contributed by atoms with Crippen molar-refractivity contribution in [3.05, 3.63) is 23.5 Å². The fourth-order valence-corrected chi connectivity index (χ4v) is 0.938. The summed E-state index contributed by atoms with van der Waals surface area (Å²) in [6, 6.07) is 2.78. The highest BCUT2D eigenvalue weighted by Crippen LogP contribution is 2.30. The number of aromatic hydroxyl groups is 1. The molecule has 0 atom stereocenters. The maximum absolute atomic E-state index is 13.2. The van der Waals surface area contributed by atoms with Gasteiger partial charge in [0.2, 0.25) is 0 Å². The highest BCUT2D eigenvalue weighted by atomic mass is 19.1. The summed E-state index contributed by atoms with van der Waals surface area (Å²) in [5, 5.41) is 9.11. The molecule has 4 heteroatoms. The molecule has 0 spiro atoms. The zero-order valence-corrected chi connectivity index (χ0v) is 6.67. The van der Waals surface area contributed by atoms with Gasteiger partial charge in [0.05, 0.1) is 7.11 Å². The SMILES string of the molecule is COc1c(O)ccc(CN)c1F. The van der Waals surface area contributed by atoms with Crippen molar-refractivity contribution >= 4 is 0 Å². The number of methoxy groups -OCH3 is 1. The van der Waals surface area contributed by atoms with Crippen LogP contribution in [-0.4, -0.2) is 12.2 Å². The third-order valence-corrected chi connectivity index (χ3v) is 1.58. The molecule has 0 radical (unpaired) electrons. The lowest BCUT2D eigenvalue weighted by molar-refractivity contribution is 0.349. The van der Waals surface area contributed by atoms with Gasteiger partial charge in [-0.3, -0.25) is 0 Å². The van der Waals surface area contributed by atoms with Gasteiger partial charge in [-0.2, -0.15) is 0 Å². The van der Waals surface area contributed by atoms with Crippen LogP contribution in [0.15, 0.2) is 12.1 Å². The van der Waals surface area contributed by atoms with Crippen molar-refractivity contribution in [2.45, 2.75) is 6.54 Å². The number of hydrogen-bond donors (Lipinski definition) is 2. The van der Waals surface area contributed by atoms with E-state index in [0.717, 1.165) is 0 Å². The Morgan fingerprint density at radius 1 is 1.58 bits per heavy atom. The molecule has 1 rings (SSSR count). The lowest BCUT2D eigenvalue weighted by Crippen LogP contribution is -2.01. The second-order valence-corrected chi connectivity index (χ2v) is 2.30. The van der Waals surface area contributed by atoms with Crippen molar-refractivity contribution in [1.82, 2.24) is 0 Å². The molecule has 0 unspecified atom stereocenters. The van der Waals surface area contributed by atoms with E-state index >= 15 is 0 Å². The Kier molecular flexibility index (Phi) is 2.50. The second kappa shape index (κ2) is 3.40. The van der Waals surface area contributed by atoms with Gasteiger partial charge in [-0.15, -0.1) is 0 Å². The quantitative estimate of drug-likeness (QED) is 0.697. The summed E-state index contributed by atoms with van der Waals surface area (Å²) in [6.07, 6.45) is 0. The summed E-state index contributed by atoms with van der Waals surface area (Å²) in [5.41, 5.74) is 5.57. The zero-order chi connectivity index (χ0) is 9.14. The Labute approximate surface area is 69.6 Å². The van der Waals surface area contributed by atoms with Crippen LogP contribution in [0.3, 0.4) is 0 Å². The van der Waals surface area contributed by atoms with E-state index in [2.05, 4.69) is 4.74 Å². The fraction of sp³-hybridized carbons (Fsp3) is 0.250. The molecule has 0 amide bonds. The van der Waals surface area contributed by atoms with Crippen molar-refractivity contribution < 1.29 is 14.2 Å². The van der Waals surface area contributed by atoms with Crippen molar-refractivity contribution in [2.24, 2.45) is 5.73 Å². The summed E-state index contributed by atoms with van der Waals surface area (Å²) >= 11 is 0. The minimum Gasteiger partial charge on any atom is -0.504 e. The molecule has 12 heavy (non-hydrogen) atoms. The molecule has 0 aromatic heterocycles. The van der Waals surface area contributed by atoms with Gasteiger partial charge in [0.25, 0.3) is 0 Å². The standard InChI is InChI=1S/C8H10FNO2/c1-12-8-6(11)3-2-5(4-10)7(8)9/h2-3,11H,4,10H2,1H3. The van der Waals surface area contributed by atoms with E-state index < -0.39 is 5.82 Å². The molecule has 1 aromatic carbocycles. The summed E-state index contributed by atoms with van der Waals surface area (Å²) in [5.74, 6) is -0.967. The first-order chi connectivity index (χ1) is 5.70. The third-order valence-electron chi connectivity index (χ3n) is 1.58. The van der Waals surface area contributed by atoms with Crippen molar-refractivity contribution in [1.29, 1.82) is 0 Å². The van der Waals surface area contributed by atoms with E-state index in [1.54, 1.807) is 0 Å². The van der Waals surface area contributed by atoms with Crippen LogP contribution in [0.5, 0.6) is 11.5 Å². The molecule has 0 aliphatic heterocycles. The highest BCUT2D eigenvalue weighted by Gasteiger charge is 2.11. The molecule has 3 nitrogen and oxygen atoms in total. The van der Waals surface area contributed by atoms with Gasteiger partial charge in [-0.25, -0.2) is 4.39 Å². The van der Waals surface area contributed by atoms with Gasteiger partial charge in [0, 0.05) is 12.1 Å². The molecule has 0 saturated carbocycles. The Morgan fingerprint density at radius 3 is 2.75 bits per heavy atom. The summed E-state index contributed by atoms with van der Waals surface area (Å²) in [6.45, 7) is 0.0858. The van der Waals surface area contributed by atoms with Crippen LogP contribution >= 0.6 is 0 Å². The van der Waals surface area contributed by atoms with Crippen molar-refractivity contribution in [3.8, 4) is 11.5 Å². The number of rotatable bonds is 2. The zero-order valence-electron chi connectivity index (χ0n) is 6.67. The number of benzene rings is 1. The number of nitrogens with two attached hydrogens (primary N) is 1. The van der Waals surface area contributed by atoms with E-state index in [4.69, 9.17) is 10.8 Å². The second-order valence-electron chi connectivity index (χ2n) is 2.30. The minimum absolute atomic E-state index is 0.0858. The lowest BCUT2D eigenvalue weighted by Gasteiger charge is -2.06. The number of phenols is 1. The predicted octanol–water partition coefficient (Wildman–Crippen LogP) is 0.999. The maximum Gasteiger partial charge on any atom is 0.196 e. The number of ether oxygens (including phenoxy) is 1. The van der Waals surface area contributed by atoms with Crippen LogP contribution in [0.2, 0.25) is 0 Å². The van der Waals surface area contributed by atoms with Gasteiger partial charge in [-0.1, -0.05) is 6.07 Å². The Morgan fingerprint density at radius 2 is 2.25 bits per heavy atom. The summed E-state index contributed by atoms with van der Waals surface area (Å²) < 4.78 is 17.8. The molecule has 66 valence electrons. The largest absolute Gasteiger partial charge is 0.504 e. The van der Waals surface area contributed by atoms with Crippen LogP contribution in [-0.2, 0) is 6.54 Å². The third kappa shape index (κ3) is 1.33. The number of phenolic OH excluding ortho intramolecular Hbond substituents is 1. The fourth-order valence-electron chi connectivity index (χ4n) is 0.938. The normalized spacial score (nSPS) is 9.92. The first-order valence-corrected chi connectivity index (χ1v) is 3.45. The van der Waals surface area contributed by atoms with Crippen LogP contribution in [0.4, 0.5) is 4.39 Å². The lowest BCUT2D eigenvalue weighted by atomic mass is 10.2. The number of hydrogen-bond acceptors (Lipinski definition) is 3. The van der Waals surface area contributed by atoms with Gasteiger partial charge < -0.3 is 15.6 Å². The van der Waals surface area contributed by atoms with E-state index in [-0.39, 0.29) is 18.0 Å². The molecule has 0 saturated heterocycles. The van der Waals surface area contributed by atoms with E-state index in [9.17, 15) is 4.39 Å².